The fourth-order valence-electron chi connectivity index (χ4n) is 3.04. The Labute approximate surface area is 181 Å². The minimum Gasteiger partial charge on any atom is -0.452 e. The van der Waals surface area contributed by atoms with E-state index in [-0.39, 0.29) is 6.61 Å². The number of benzene rings is 3. The smallest absolute Gasteiger partial charge is 0.339 e. The van der Waals surface area contributed by atoms with Crippen LogP contribution in [0.2, 0.25) is 0 Å². The van der Waals surface area contributed by atoms with Gasteiger partial charge in [-0.3, -0.25) is 4.79 Å². The topological polar surface area (TPSA) is 68.3 Å². The molecule has 0 saturated carbocycles. The number of pyridine rings is 1. The number of anilines is 1. The molecule has 0 radical (unpaired) electrons. The highest BCUT2D eigenvalue weighted by atomic mass is 79.9. The zero-order valence-corrected chi connectivity index (χ0v) is 17.4. The normalized spacial score (nSPS) is 10.6. The van der Waals surface area contributed by atoms with E-state index in [2.05, 4.69) is 26.2 Å². The van der Waals surface area contributed by atoms with Crippen molar-refractivity contribution in [2.75, 3.05) is 11.9 Å². The van der Waals surface area contributed by atoms with Crippen LogP contribution in [-0.2, 0) is 9.53 Å². The summed E-state index contributed by atoms with van der Waals surface area (Å²) < 4.78 is 6.20. The SMILES string of the molecule is O=C(COC(=O)c1cc(-c2ccccc2)nc2ccccc12)Nc1ccc(Br)cc1. The van der Waals surface area contributed by atoms with Gasteiger partial charge in [0.1, 0.15) is 0 Å². The van der Waals surface area contributed by atoms with Gasteiger partial charge in [0.2, 0.25) is 0 Å². The van der Waals surface area contributed by atoms with E-state index in [1.165, 1.54) is 0 Å². The minimum absolute atomic E-state index is 0.371. The van der Waals surface area contributed by atoms with Crippen LogP contribution < -0.4 is 5.32 Å². The molecule has 1 aromatic heterocycles. The molecule has 3 aromatic carbocycles. The van der Waals surface area contributed by atoms with E-state index in [0.29, 0.717) is 27.8 Å². The Balaban J connectivity index is 1.55. The van der Waals surface area contributed by atoms with E-state index in [1.54, 1.807) is 18.2 Å². The van der Waals surface area contributed by atoms with E-state index in [9.17, 15) is 9.59 Å². The third kappa shape index (κ3) is 4.55. The van der Waals surface area contributed by atoms with Gasteiger partial charge in [0, 0.05) is 21.1 Å². The summed E-state index contributed by atoms with van der Waals surface area (Å²) in [6.45, 7) is -0.383. The molecular weight excluding hydrogens is 444 g/mol. The lowest BCUT2D eigenvalue weighted by atomic mass is 10.0. The predicted octanol–water partition coefficient (Wildman–Crippen LogP) is 5.46. The van der Waals surface area contributed by atoms with E-state index >= 15 is 0 Å². The average Bonchev–Trinajstić information content (AvgIpc) is 2.79. The number of nitrogens with one attached hydrogen (secondary N) is 1. The Morgan fingerprint density at radius 2 is 1.60 bits per heavy atom. The summed E-state index contributed by atoms with van der Waals surface area (Å²) >= 11 is 3.34. The molecule has 0 unspecified atom stereocenters. The first-order valence-corrected chi connectivity index (χ1v) is 10.1. The van der Waals surface area contributed by atoms with Crippen molar-refractivity contribution in [3.63, 3.8) is 0 Å². The maximum Gasteiger partial charge on any atom is 0.339 e. The van der Waals surface area contributed by atoms with Crippen LogP contribution in [0.3, 0.4) is 0 Å². The zero-order chi connectivity index (χ0) is 20.9. The number of hydrogen-bond donors (Lipinski definition) is 1. The third-order valence-electron chi connectivity index (χ3n) is 4.47. The number of carbonyl (C=O) groups is 2. The molecule has 5 nitrogen and oxygen atoms in total. The molecule has 0 atom stereocenters. The van der Waals surface area contributed by atoms with Gasteiger partial charge >= 0.3 is 5.97 Å². The summed E-state index contributed by atoms with van der Waals surface area (Å²) in [6.07, 6.45) is 0. The molecule has 6 heteroatoms. The molecule has 0 spiro atoms. The average molecular weight is 461 g/mol. The molecule has 0 aliphatic heterocycles. The highest BCUT2D eigenvalue weighted by Crippen LogP contribution is 2.25. The number of nitrogens with zero attached hydrogens (tertiary/aromatic N) is 1. The standard InChI is InChI=1S/C24H17BrN2O3/c25-17-10-12-18(13-11-17)26-23(28)15-30-24(29)20-14-22(16-6-2-1-3-7-16)27-21-9-5-4-8-19(20)21/h1-14H,15H2,(H,26,28). The third-order valence-corrected chi connectivity index (χ3v) is 5.00. The van der Waals surface area contributed by atoms with Crippen molar-refractivity contribution in [3.8, 4) is 11.3 Å². The summed E-state index contributed by atoms with van der Waals surface area (Å²) in [5, 5.41) is 3.38. The number of para-hydroxylation sites is 1. The lowest BCUT2D eigenvalue weighted by Crippen LogP contribution is -2.21. The van der Waals surface area contributed by atoms with Crippen LogP contribution in [0.4, 0.5) is 5.69 Å². The molecule has 0 aliphatic carbocycles. The van der Waals surface area contributed by atoms with Crippen LogP contribution in [0, 0.1) is 0 Å². The van der Waals surface area contributed by atoms with Gasteiger partial charge in [-0.25, -0.2) is 9.78 Å². The van der Waals surface area contributed by atoms with Crippen molar-refractivity contribution < 1.29 is 14.3 Å². The Bertz CT molecular complexity index is 1210. The van der Waals surface area contributed by atoms with Crippen LogP contribution in [0.25, 0.3) is 22.2 Å². The molecule has 4 aromatic rings. The number of aromatic nitrogens is 1. The molecule has 1 amide bonds. The van der Waals surface area contributed by atoms with Gasteiger partial charge in [0.25, 0.3) is 5.91 Å². The molecule has 0 aliphatic rings. The molecule has 0 fully saturated rings. The molecule has 0 saturated heterocycles. The van der Waals surface area contributed by atoms with Gasteiger partial charge in [-0.2, -0.15) is 0 Å². The van der Waals surface area contributed by atoms with Gasteiger partial charge in [-0.05, 0) is 36.4 Å². The quantitative estimate of drug-likeness (QED) is 0.401. The lowest BCUT2D eigenvalue weighted by molar-refractivity contribution is -0.119. The van der Waals surface area contributed by atoms with E-state index in [4.69, 9.17) is 4.74 Å². The van der Waals surface area contributed by atoms with Crippen molar-refractivity contribution in [2.45, 2.75) is 0 Å². The maximum atomic E-state index is 12.8. The van der Waals surface area contributed by atoms with Crippen LogP contribution in [0.5, 0.6) is 0 Å². The molecule has 0 bridgehead atoms. The summed E-state index contributed by atoms with van der Waals surface area (Å²) in [5.41, 5.74) is 3.24. The second-order valence-electron chi connectivity index (χ2n) is 6.57. The molecule has 30 heavy (non-hydrogen) atoms. The Kier molecular flexibility index (Phi) is 5.86. The first-order chi connectivity index (χ1) is 14.6. The number of fused-ring (bicyclic) bond motifs is 1. The predicted molar refractivity (Wildman–Crippen MR) is 120 cm³/mol. The Morgan fingerprint density at radius 1 is 0.900 bits per heavy atom. The Hall–Kier alpha value is -3.51. The zero-order valence-electron chi connectivity index (χ0n) is 15.8. The fourth-order valence-corrected chi connectivity index (χ4v) is 3.30. The molecule has 1 heterocycles. The van der Waals surface area contributed by atoms with Crippen molar-refractivity contribution in [1.29, 1.82) is 0 Å². The summed E-state index contributed by atoms with van der Waals surface area (Å²) in [6, 6.07) is 25.8. The summed E-state index contributed by atoms with van der Waals surface area (Å²) in [5.74, 6) is -0.982. The van der Waals surface area contributed by atoms with Gasteiger partial charge < -0.3 is 10.1 Å². The number of ether oxygens (including phenoxy) is 1. The van der Waals surface area contributed by atoms with E-state index in [1.807, 2.05) is 66.7 Å². The van der Waals surface area contributed by atoms with Crippen LogP contribution >= 0.6 is 15.9 Å². The van der Waals surface area contributed by atoms with Crippen molar-refractivity contribution >= 4 is 44.4 Å². The summed E-state index contributed by atoms with van der Waals surface area (Å²) in [4.78, 5) is 29.6. The fraction of sp³-hybridized carbons (Fsp3) is 0.0417. The number of rotatable bonds is 5. The summed E-state index contributed by atoms with van der Waals surface area (Å²) in [7, 11) is 0. The highest BCUT2D eigenvalue weighted by Gasteiger charge is 2.16. The minimum atomic E-state index is -0.572. The molecular formula is C24H17BrN2O3. The van der Waals surface area contributed by atoms with Gasteiger partial charge in [-0.15, -0.1) is 0 Å². The number of halogens is 1. The van der Waals surface area contributed by atoms with Crippen LogP contribution in [-0.4, -0.2) is 23.5 Å². The molecule has 4 rings (SSSR count). The van der Waals surface area contributed by atoms with Crippen LogP contribution in [0.1, 0.15) is 10.4 Å². The second-order valence-corrected chi connectivity index (χ2v) is 7.49. The number of carbonyl (C=O) groups excluding carboxylic acids is 2. The van der Waals surface area contributed by atoms with Crippen molar-refractivity contribution in [1.82, 2.24) is 4.98 Å². The van der Waals surface area contributed by atoms with E-state index < -0.39 is 11.9 Å². The van der Waals surface area contributed by atoms with E-state index in [0.717, 1.165) is 10.0 Å². The second kappa shape index (κ2) is 8.88. The number of amides is 1. The Morgan fingerprint density at radius 3 is 2.37 bits per heavy atom. The highest BCUT2D eigenvalue weighted by molar-refractivity contribution is 9.10. The molecule has 1 N–H and O–H groups in total. The van der Waals surface area contributed by atoms with Crippen molar-refractivity contribution in [3.05, 3.63) is 95.0 Å². The largest absolute Gasteiger partial charge is 0.452 e. The van der Waals surface area contributed by atoms with Gasteiger partial charge in [0.05, 0.1) is 16.8 Å². The van der Waals surface area contributed by atoms with Crippen LogP contribution in [0.15, 0.2) is 89.4 Å². The monoisotopic (exact) mass is 460 g/mol. The maximum absolute atomic E-state index is 12.8. The molecule has 148 valence electrons. The number of esters is 1. The first kappa shape index (κ1) is 19.8. The first-order valence-electron chi connectivity index (χ1n) is 9.28. The van der Waals surface area contributed by atoms with Crippen molar-refractivity contribution in [2.24, 2.45) is 0 Å². The lowest BCUT2D eigenvalue weighted by Gasteiger charge is -2.10. The van der Waals surface area contributed by atoms with Gasteiger partial charge in [-0.1, -0.05) is 64.5 Å². The number of hydrogen-bond acceptors (Lipinski definition) is 4. The van der Waals surface area contributed by atoms with Gasteiger partial charge in [0.15, 0.2) is 6.61 Å².